The summed E-state index contributed by atoms with van der Waals surface area (Å²) >= 11 is 5.09. The third-order valence-corrected chi connectivity index (χ3v) is 11.8. The molecule has 1 unspecified atom stereocenters. The van der Waals surface area contributed by atoms with E-state index < -0.39 is 29.7 Å². The number of carbonyl (C=O) groups excluding carboxylic acids is 4. The number of imide groups is 2. The first kappa shape index (κ1) is 36.7. The molecule has 55 heavy (non-hydrogen) atoms. The van der Waals surface area contributed by atoms with E-state index in [0.29, 0.717) is 24.6 Å². The number of piperazine rings is 1. The highest BCUT2D eigenvalue weighted by atomic mass is 79.9. The smallest absolute Gasteiger partial charge is 0.264 e. The molecule has 1 atom stereocenters. The van der Waals surface area contributed by atoms with Crippen LogP contribution in [0, 0.1) is 0 Å². The number of thiophene rings is 1. The van der Waals surface area contributed by atoms with Crippen LogP contribution in [0.25, 0.3) is 20.5 Å². The molecule has 2 fully saturated rings. The van der Waals surface area contributed by atoms with Gasteiger partial charge >= 0.3 is 0 Å². The molecule has 3 N–H and O–H groups in total. The summed E-state index contributed by atoms with van der Waals surface area (Å²) in [6.45, 7) is 6.27. The predicted octanol–water partition coefficient (Wildman–Crippen LogP) is 6.34. The van der Waals surface area contributed by atoms with E-state index in [0.717, 1.165) is 80.7 Å². The molecule has 14 heteroatoms. The molecule has 5 aromatic rings. The summed E-state index contributed by atoms with van der Waals surface area (Å²) in [5.74, 6) is 0.370. The molecule has 4 aromatic carbocycles. The molecule has 0 aliphatic carbocycles. The van der Waals surface area contributed by atoms with Crippen molar-refractivity contribution in [1.82, 2.24) is 20.0 Å². The van der Waals surface area contributed by atoms with Crippen molar-refractivity contribution in [2.45, 2.75) is 18.9 Å². The van der Waals surface area contributed by atoms with Crippen molar-refractivity contribution < 1.29 is 33.8 Å². The number of piperidine rings is 1. The lowest BCUT2D eigenvalue weighted by molar-refractivity contribution is -0.136. The number of nitrogens with zero attached hydrogens (tertiary/aromatic N) is 3. The zero-order valence-corrected chi connectivity index (χ0v) is 32.2. The van der Waals surface area contributed by atoms with Crippen molar-refractivity contribution >= 4 is 66.7 Å². The van der Waals surface area contributed by atoms with Crippen LogP contribution in [0.5, 0.6) is 23.0 Å². The predicted molar refractivity (Wildman–Crippen MR) is 213 cm³/mol. The molecule has 0 spiro atoms. The topological polar surface area (TPSA) is 141 Å². The van der Waals surface area contributed by atoms with Gasteiger partial charge in [-0.05, 0) is 78.7 Å². The summed E-state index contributed by atoms with van der Waals surface area (Å²) in [6.07, 6.45) is 0.204. The Morgan fingerprint density at radius 1 is 0.855 bits per heavy atom. The van der Waals surface area contributed by atoms with Crippen molar-refractivity contribution in [3.8, 4) is 33.4 Å². The van der Waals surface area contributed by atoms with E-state index in [1.807, 2.05) is 54.6 Å². The Hall–Kier alpha value is -5.28. The fourth-order valence-electron chi connectivity index (χ4n) is 7.22. The van der Waals surface area contributed by atoms with Gasteiger partial charge in [0.25, 0.3) is 11.8 Å². The van der Waals surface area contributed by atoms with Gasteiger partial charge in [-0.3, -0.25) is 39.2 Å². The number of phenolic OH excluding ortho intramolecular Hbond substituents is 1. The molecule has 282 valence electrons. The first-order valence-electron chi connectivity index (χ1n) is 18.2. The van der Waals surface area contributed by atoms with Gasteiger partial charge < -0.3 is 19.9 Å². The third kappa shape index (κ3) is 7.81. The number of halogens is 1. The van der Waals surface area contributed by atoms with Crippen molar-refractivity contribution in [2.24, 2.45) is 0 Å². The van der Waals surface area contributed by atoms with Crippen LogP contribution in [0.1, 0.15) is 33.6 Å². The maximum absolute atomic E-state index is 13.4. The molecule has 12 nitrogen and oxygen atoms in total. The zero-order valence-electron chi connectivity index (χ0n) is 29.8. The Morgan fingerprint density at radius 2 is 1.58 bits per heavy atom. The van der Waals surface area contributed by atoms with Crippen LogP contribution in [-0.4, -0.2) is 102 Å². The molecule has 4 amide bonds. The van der Waals surface area contributed by atoms with Crippen LogP contribution in [0.3, 0.4) is 0 Å². The van der Waals surface area contributed by atoms with E-state index in [-0.39, 0.29) is 29.7 Å². The second-order valence-electron chi connectivity index (χ2n) is 13.7. The summed E-state index contributed by atoms with van der Waals surface area (Å²) < 4.78 is 14.5. The maximum atomic E-state index is 13.4. The van der Waals surface area contributed by atoms with E-state index in [1.165, 1.54) is 0 Å². The van der Waals surface area contributed by atoms with E-state index >= 15 is 0 Å². The Kier molecular flexibility index (Phi) is 10.6. The number of hydrogen-bond donors (Lipinski definition) is 3. The van der Waals surface area contributed by atoms with E-state index in [2.05, 4.69) is 36.4 Å². The number of amides is 4. The Morgan fingerprint density at radius 3 is 2.33 bits per heavy atom. The molecule has 2 saturated heterocycles. The highest BCUT2D eigenvalue weighted by Gasteiger charge is 2.45. The number of ether oxygens (including phenoxy) is 2. The molecule has 0 bridgehead atoms. The maximum Gasteiger partial charge on any atom is 0.264 e. The lowest BCUT2D eigenvalue weighted by atomic mass is 10.0. The number of phenols is 1. The van der Waals surface area contributed by atoms with Crippen LogP contribution >= 0.6 is 27.3 Å². The second kappa shape index (κ2) is 15.8. The van der Waals surface area contributed by atoms with Crippen LogP contribution < -0.4 is 20.1 Å². The van der Waals surface area contributed by atoms with Crippen LogP contribution in [0.4, 0.5) is 5.69 Å². The molecule has 0 saturated carbocycles. The average molecular weight is 825 g/mol. The minimum atomic E-state index is -0.992. The standard InChI is InChI=1S/C41H38BrN5O7S/c42-26-6-4-25(5-7-26)38-37(30-13-8-27(48)24-34(30)55-38)54-29-11-9-28(10-12-29)53-23-22-46-20-18-45(19-21-46)17-16-43-32-3-1-2-31-36(32)41(52)47(40(31)51)33-14-15-35(49)44-39(33)50/h1-13,24,33,43,48H,14-23H2,(H,44,49,50). The SMILES string of the molecule is O=C1CCC(N2C(=O)c3cccc(NCCN4CCN(CCOc5ccc(Oc6c(-c7ccc(Br)cc7)sc7cc(O)ccc67)cc5)CC4)c3C2=O)C(=O)N1. The highest BCUT2D eigenvalue weighted by molar-refractivity contribution is 9.10. The number of carbonyl (C=O) groups is 4. The Balaban J connectivity index is 0.793. The number of nitrogens with one attached hydrogen (secondary N) is 2. The van der Waals surface area contributed by atoms with Gasteiger partial charge in [0.1, 0.15) is 29.9 Å². The molecular weight excluding hydrogens is 786 g/mol. The van der Waals surface area contributed by atoms with Crippen LogP contribution in [0.2, 0.25) is 0 Å². The monoisotopic (exact) mass is 823 g/mol. The fourth-order valence-corrected chi connectivity index (χ4v) is 8.65. The number of fused-ring (bicyclic) bond motifs is 2. The van der Waals surface area contributed by atoms with Crippen LogP contribution in [0.15, 0.2) is 89.4 Å². The first-order valence-corrected chi connectivity index (χ1v) is 19.8. The number of benzene rings is 4. The van der Waals surface area contributed by atoms with Crippen molar-refractivity contribution in [3.63, 3.8) is 0 Å². The van der Waals surface area contributed by atoms with E-state index in [9.17, 15) is 24.3 Å². The Bertz CT molecular complexity index is 2270. The number of rotatable bonds is 12. The summed E-state index contributed by atoms with van der Waals surface area (Å²) in [6, 6.07) is 25.2. The molecular formula is C41H38BrN5O7S. The van der Waals surface area contributed by atoms with E-state index in [1.54, 1.807) is 41.7 Å². The van der Waals surface area contributed by atoms with Gasteiger partial charge in [0, 0.05) is 72.5 Å². The van der Waals surface area contributed by atoms with Gasteiger partial charge in [-0.15, -0.1) is 11.3 Å². The van der Waals surface area contributed by atoms with Gasteiger partial charge in [-0.2, -0.15) is 0 Å². The Labute approximate surface area is 329 Å². The second-order valence-corrected chi connectivity index (χ2v) is 15.6. The quantitative estimate of drug-likeness (QED) is 0.122. The first-order chi connectivity index (χ1) is 26.7. The lowest BCUT2D eigenvalue weighted by Gasteiger charge is -2.34. The van der Waals surface area contributed by atoms with Crippen LogP contribution in [-0.2, 0) is 9.59 Å². The molecule has 1 aromatic heterocycles. The summed E-state index contributed by atoms with van der Waals surface area (Å²) in [5, 5.41) is 16.6. The highest BCUT2D eigenvalue weighted by Crippen LogP contribution is 2.47. The average Bonchev–Trinajstić information content (AvgIpc) is 3.66. The van der Waals surface area contributed by atoms with Crippen molar-refractivity contribution in [3.05, 3.63) is 101 Å². The lowest BCUT2D eigenvalue weighted by Crippen LogP contribution is -2.54. The normalized spacial score (nSPS) is 17.8. The minimum absolute atomic E-state index is 0.0813. The van der Waals surface area contributed by atoms with Crippen molar-refractivity contribution in [1.29, 1.82) is 0 Å². The zero-order chi connectivity index (χ0) is 38.1. The number of anilines is 1. The van der Waals surface area contributed by atoms with Crippen molar-refractivity contribution in [2.75, 3.05) is 57.7 Å². The largest absolute Gasteiger partial charge is 0.508 e. The summed E-state index contributed by atoms with van der Waals surface area (Å²) in [4.78, 5) is 57.3. The molecule has 8 rings (SSSR count). The third-order valence-electron chi connectivity index (χ3n) is 10.1. The molecule has 4 heterocycles. The number of aromatic hydroxyl groups is 1. The minimum Gasteiger partial charge on any atom is -0.508 e. The number of hydrogen-bond acceptors (Lipinski definition) is 11. The molecule has 0 radical (unpaired) electrons. The van der Waals surface area contributed by atoms with Gasteiger partial charge in [-0.25, -0.2) is 0 Å². The molecule has 3 aliphatic rings. The van der Waals surface area contributed by atoms with Gasteiger partial charge in [0.05, 0.1) is 16.0 Å². The van der Waals surface area contributed by atoms with Gasteiger partial charge in [0.2, 0.25) is 11.8 Å². The fraction of sp³-hybridized carbons (Fsp3) is 0.268. The molecule has 3 aliphatic heterocycles. The van der Waals surface area contributed by atoms with Gasteiger partial charge in [0.15, 0.2) is 5.75 Å². The van der Waals surface area contributed by atoms with E-state index in [4.69, 9.17) is 9.47 Å². The summed E-state index contributed by atoms with van der Waals surface area (Å²) in [7, 11) is 0. The van der Waals surface area contributed by atoms with Gasteiger partial charge in [-0.1, -0.05) is 34.1 Å². The summed E-state index contributed by atoms with van der Waals surface area (Å²) in [5.41, 5.74) is 2.13.